The second-order valence-electron chi connectivity index (χ2n) is 7.31. The molecule has 2 N–H and O–H groups in total. The van der Waals surface area contributed by atoms with Crippen LogP contribution in [0.1, 0.15) is 20.7 Å². The predicted octanol–water partition coefficient (Wildman–Crippen LogP) is 4.62. The summed E-state index contributed by atoms with van der Waals surface area (Å²) in [6, 6.07) is 21.8. The Morgan fingerprint density at radius 2 is 1.42 bits per heavy atom. The van der Waals surface area contributed by atoms with Gasteiger partial charge in [-0.2, -0.15) is 0 Å². The Balaban J connectivity index is 1.48. The molecule has 3 aromatic rings. The summed E-state index contributed by atoms with van der Waals surface area (Å²) in [6.07, 6.45) is 0. The average molecular weight is 436 g/mol. The maximum atomic E-state index is 12.5. The lowest BCUT2D eigenvalue weighted by molar-refractivity contribution is 0.0698. The molecule has 1 saturated heterocycles. The summed E-state index contributed by atoms with van der Waals surface area (Å²) in [7, 11) is 0. The van der Waals surface area contributed by atoms with Gasteiger partial charge >= 0.3 is 5.97 Å². The number of halogens is 1. The van der Waals surface area contributed by atoms with Gasteiger partial charge in [0.25, 0.3) is 5.91 Å². The standard InChI is InChI=1S/C24H22ClN3O3/c25-18-8-6-17(7-9-18)23(29)26-22-11-10-20(16-21(22)24(30)31)28-14-12-27(13-15-28)19-4-2-1-3-5-19/h1-11,16H,12-15H2,(H,26,29)(H,30,31). The van der Waals surface area contributed by atoms with Crippen molar-refractivity contribution < 1.29 is 14.7 Å². The Morgan fingerprint density at radius 1 is 0.806 bits per heavy atom. The molecule has 7 heteroatoms. The highest BCUT2D eigenvalue weighted by Crippen LogP contribution is 2.26. The Hall–Kier alpha value is -3.51. The van der Waals surface area contributed by atoms with Gasteiger partial charge in [-0.05, 0) is 54.6 Å². The lowest BCUT2D eigenvalue weighted by Crippen LogP contribution is -2.46. The first-order chi connectivity index (χ1) is 15.0. The molecule has 0 saturated carbocycles. The van der Waals surface area contributed by atoms with Gasteiger partial charge in [-0.15, -0.1) is 0 Å². The van der Waals surface area contributed by atoms with E-state index in [0.29, 0.717) is 10.6 Å². The highest BCUT2D eigenvalue weighted by Gasteiger charge is 2.20. The van der Waals surface area contributed by atoms with Gasteiger partial charge in [0.15, 0.2) is 0 Å². The van der Waals surface area contributed by atoms with Crippen molar-refractivity contribution in [3.63, 3.8) is 0 Å². The van der Waals surface area contributed by atoms with Gasteiger partial charge in [0, 0.05) is 48.1 Å². The minimum Gasteiger partial charge on any atom is -0.478 e. The summed E-state index contributed by atoms with van der Waals surface area (Å²) in [4.78, 5) is 28.8. The van der Waals surface area contributed by atoms with Gasteiger partial charge in [-0.3, -0.25) is 4.79 Å². The van der Waals surface area contributed by atoms with Gasteiger partial charge in [-0.1, -0.05) is 29.8 Å². The zero-order valence-electron chi connectivity index (χ0n) is 16.8. The summed E-state index contributed by atoms with van der Waals surface area (Å²) in [5, 5.41) is 12.9. The van der Waals surface area contributed by atoms with Crippen molar-refractivity contribution in [2.45, 2.75) is 0 Å². The fourth-order valence-electron chi connectivity index (χ4n) is 3.67. The molecule has 1 heterocycles. The molecular weight excluding hydrogens is 414 g/mol. The number of carboxylic acid groups (broad SMARTS) is 1. The number of para-hydroxylation sites is 1. The van der Waals surface area contributed by atoms with Crippen molar-refractivity contribution in [3.8, 4) is 0 Å². The van der Waals surface area contributed by atoms with Crippen molar-refractivity contribution >= 4 is 40.5 Å². The average Bonchev–Trinajstić information content (AvgIpc) is 2.80. The van der Waals surface area contributed by atoms with Crippen LogP contribution in [0.2, 0.25) is 5.02 Å². The fraction of sp³-hybridized carbons (Fsp3) is 0.167. The first-order valence-corrected chi connectivity index (χ1v) is 10.4. The van der Waals surface area contributed by atoms with Crippen molar-refractivity contribution in [1.29, 1.82) is 0 Å². The third kappa shape index (κ3) is 4.81. The maximum absolute atomic E-state index is 12.5. The van der Waals surface area contributed by atoms with Gasteiger partial charge in [0.2, 0.25) is 0 Å². The molecule has 3 aromatic carbocycles. The van der Waals surface area contributed by atoms with Crippen molar-refractivity contribution in [3.05, 3.63) is 88.9 Å². The fourth-order valence-corrected chi connectivity index (χ4v) is 3.80. The number of rotatable bonds is 5. The number of carboxylic acids is 1. The molecule has 1 amide bonds. The van der Waals surface area contributed by atoms with E-state index in [1.165, 1.54) is 5.69 Å². The number of hydrogen-bond donors (Lipinski definition) is 2. The normalized spacial score (nSPS) is 13.7. The zero-order chi connectivity index (χ0) is 21.8. The number of anilines is 3. The first-order valence-electron chi connectivity index (χ1n) is 10.0. The van der Waals surface area contributed by atoms with Crippen molar-refractivity contribution in [2.24, 2.45) is 0 Å². The highest BCUT2D eigenvalue weighted by atomic mass is 35.5. The van der Waals surface area contributed by atoms with Crippen LogP contribution < -0.4 is 15.1 Å². The monoisotopic (exact) mass is 435 g/mol. The van der Waals surface area contributed by atoms with Crippen LogP contribution in [0.5, 0.6) is 0 Å². The Kier molecular flexibility index (Phi) is 6.09. The number of nitrogens with one attached hydrogen (secondary N) is 1. The topological polar surface area (TPSA) is 72.9 Å². The van der Waals surface area contributed by atoms with E-state index in [1.807, 2.05) is 24.3 Å². The lowest BCUT2D eigenvalue weighted by atomic mass is 10.1. The molecular formula is C24H22ClN3O3. The molecule has 0 radical (unpaired) electrons. The third-order valence-electron chi connectivity index (χ3n) is 5.35. The van der Waals surface area contributed by atoms with Gasteiger partial charge in [0.05, 0.1) is 11.3 Å². The smallest absolute Gasteiger partial charge is 0.337 e. The number of nitrogens with zero attached hydrogens (tertiary/aromatic N) is 2. The van der Waals surface area contributed by atoms with E-state index >= 15 is 0 Å². The van der Waals surface area contributed by atoms with E-state index in [4.69, 9.17) is 11.6 Å². The summed E-state index contributed by atoms with van der Waals surface area (Å²) >= 11 is 5.86. The Labute approximate surface area is 185 Å². The number of aromatic carboxylic acids is 1. The van der Waals surface area contributed by atoms with Gasteiger partial charge in [0.1, 0.15) is 0 Å². The van der Waals surface area contributed by atoms with E-state index in [9.17, 15) is 14.7 Å². The molecule has 158 valence electrons. The minimum atomic E-state index is -1.09. The maximum Gasteiger partial charge on any atom is 0.337 e. The Morgan fingerprint density at radius 3 is 2.03 bits per heavy atom. The molecule has 31 heavy (non-hydrogen) atoms. The van der Waals surface area contributed by atoms with E-state index in [1.54, 1.807) is 36.4 Å². The number of carbonyl (C=O) groups is 2. The summed E-state index contributed by atoms with van der Waals surface area (Å²) in [6.45, 7) is 3.26. The van der Waals surface area contributed by atoms with Crippen LogP contribution in [-0.2, 0) is 0 Å². The third-order valence-corrected chi connectivity index (χ3v) is 5.61. The van der Waals surface area contributed by atoms with Gasteiger partial charge in [-0.25, -0.2) is 4.79 Å². The van der Waals surface area contributed by atoms with Crippen molar-refractivity contribution in [2.75, 3.05) is 41.3 Å². The molecule has 0 aliphatic carbocycles. The molecule has 1 aliphatic rings. The van der Waals surface area contributed by atoms with E-state index in [0.717, 1.165) is 31.9 Å². The van der Waals surface area contributed by atoms with Gasteiger partial charge < -0.3 is 20.2 Å². The van der Waals surface area contributed by atoms with E-state index in [-0.39, 0.29) is 17.2 Å². The number of hydrogen-bond acceptors (Lipinski definition) is 4. The molecule has 0 spiro atoms. The minimum absolute atomic E-state index is 0.0605. The molecule has 0 atom stereocenters. The summed E-state index contributed by atoms with van der Waals surface area (Å²) in [5.74, 6) is -1.47. The second kappa shape index (κ2) is 9.10. The number of amides is 1. The molecule has 1 aliphatic heterocycles. The molecule has 0 aromatic heterocycles. The molecule has 6 nitrogen and oxygen atoms in total. The number of carbonyl (C=O) groups excluding carboxylic acids is 1. The molecule has 0 bridgehead atoms. The van der Waals surface area contributed by atoms with Crippen LogP contribution in [0.25, 0.3) is 0 Å². The SMILES string of the molecule is O=C(Nc1ccc(N2CCN(c3ccccc3)CC2)cc1C(=O)O)c1ccc(Cl)cc1. The molecule has 1 fully saturated rings. The summed E-state index contributed by atoms with van der Waals surface area (Å²) in [5.41, 5.74) is 2.74. The van der Waals surface area contributed by atoms with E-state index < -0.39 is 5.97 Å². The van der Waals surface area contributed by atoms with Crippen LogP contribution in [0.3, 0.4) is 0 Å². The predicted molar refractivity (Wildman–Crippen MR) is 124 cm³/mol. The number of benzene rings is 3. The van der Waals surface area contributed by atoms with Crippen LogP contribution >= 0.6 is 11.6 Å². The van der Waals surface area contributed by atoms with Crippen LogP contribution in [-0.4, -0.2) is 43.2 Å². The molecule has 0 unspecified atom stereocenters. The number of piperazine rings is 1. The Bertz CT molecular complexity index is 1080. The summed E-state index contributed by atoms with van der Waals surface area (Å²) < 4.78 is 0. The van der Waals surface area contributed by atoms with Crippen molar-refractivity contribution in [1.82, 2.24) is 0 Å². The highest BCUT2D eigenvalue weighted by molar-refractivity contribution is 6.30. The van der Waals surface area contributed by atoms with Crippen LogP contribution in [0, 0.1) is 0 Å². The largest absolute Gasteiger partial charge is 0.478 e. The first kappa shape index (κ1) is 20.8. The van der Waals surface area contributed by atoms with Crippen LogP contribution in [0.15, 0.2) is 72.8 Å². The van der Waals surface area contributed by atoms with E-state index in [2.05, 4.69) is 27.2 Å². The quantitative estimate of drug-likeness (QED) is 0.612. The lowest BCUT2D eigenvalue weighted by Gasteiger charge is -2.37. The zero-order valence-corrected chi connectivity index (χ0v) is 17.5. The van der Waals surface area contributed by atoms with Crippen LogP contribution in [0.4, 0.5) is 17.1 Å². The molecule has 4 rings (SSSR count). The second-order valence-corrected chi connectivity index (χ2v) is 7.74.